The van der Waals surface area contributed by atoms with Gasteiger partial charge in [0.15, 0.2) is 5.78 Å². The van der Waals surface area contributed by atoms with Crippen LogP contribution >= 0.6 is 39.5 Å². The fourth-order valence-electron chi connectivity index (χ4n) is 1.84. The minimum Gasteiger partial charge on any atom is -0.298 e. The maximum Gasteiger partial charge on any atom is 0.151 e. The van der Waals surface area contributed by atoms with Crippen LogP contribution in [0.2, 0.25) is 0 Å². The van der Waals surface area contributed by atoms with E-state index in [9.17, 15) is 4.79 Å². The molecule has 0 N–H and O–H groups in total. The SMILES string of the molecule is CC1SCCSC1C(=O)Cc1cncc(Br)c1. The zero-order chi connectivity index (χ0) is 12.3. The van der Waals surface area contributed by atoms with Gasteiger partial charge in [-0.25, -0.2) is 0 Å². The van der Waals surface area contributed by atoms with Gasteiger partial charge in [0, 0.05) is 40.0 Å². The van der Waals surface area contributed by atoms with Crippen LogP contribution in [0.15, 0.2) is 22.9 Å². The van der Waals surface area contributed by atoms with Crippen molar-refractivity contribution in [1.82, 2.24) is 4.98 Å². The van der Waals surface area contributed by atoms with Crippen molar-refractivity contribution in [2.24, 2.45) is 0 Å². The van der Waals surface area contributed by atoms with Crippen molar-refractivity contribution in [1.29, 1.82) is 0 Å². The van der Waals surface area contributed by atoms with Crippen molar-refractivity contribution in [3.05, 3.63) is 28.5 Å². The molecule has 2 nitrogen and oxygen atoms in total. The number of rotatable bonds is 3. The number of aromatic nitrogens is 1. The molecule has 2 rings (SSSR count). The molecule has 0 amide bonds. The molecule has 5 heteroatoms. The minimum atomic E-state index is 0.146. The van der Waals surface area contributed by atoms with E-state index in [1.807, 2.05) is 17.8 Å². The van der Waals surface area contributed by atoms with Crippen LogP contribution in [-0.4, -0.2) is 32.8 Å². The molecule has 0 radical (unpaired) electrons. The smallest absolute Gasteiger partial charge is 0.151 e. The highest BCUT2D eigenvalue weighted by Gasteiger charge is 2.28. The third kappa shape index (κ3) is 3.73. The third-order valence-corrected chi connectivity index (χ3v) is 6.22. The molecule has 2 atom stereocenters. The van der Waals surface area contributed by atoms with E-state index in [0.29, 0.717) is 17.5 Å². The van der Waals surface area contributed by atoms with E-state index >= 15 is 0 Å². The molecule has 2 unspecified atom stereocenters. The van der Waals surface area contributed by atoms with Gasteiger partial charge in [0.2, 0.25) is 0 Å². The van der Waals surface area contributed by atoms with Crippen molar-refractivity contribution >= 4 is 45.2 Å². The van der Waals surface area contributed by atoms with Crippen LogP contribution in [0.1, 0.15) is 12.5 Å². The lowest BCUT2D eigenvalue weighted by Gasteiger charge is -2.26. The van der Waals surface area contributed by atoms with Crippen LogP contribution in [0.3, 0.4) is 0 Å². The van der Waals surface area contributed by atoms with Gasteiger partial charge in [0.05, 0.1) is 5.25 Å². The molecule has 1 saturated heterocycles. The number of carbonyl (C=O) groups excluding carboxylic acids is 1. The van der Waals surface area contributed by atoms with E-state index in [1.54, 1.807) is 24.2 Å². The summed E-state index contributed by atoms with van der Waals surface area (Å²) in [6, 6.07) is 1.97. The molecular weight excluding hydrogens is 318 g/mol. The highest BCUT2D eigenvalue weighted by molar-refractivity contribution is 9.10. The Labute approximate surface area is 118 Å². The number of halogens is 1. The second-order valence-corrected chi connectivity index (χ2v) is 7.67. The summed E-state index contributed by atoms with van der Waals surface area (Å²) in [7, 11) is 0. The van der Waals surface area contributed by atoms with Crippen molar-refractivity contribution < 1.29 is 4.79 Å². The summed E-state index contributed by atoms with van der Waals surface area (Å²) in [6.45, 7) is 2.15. The van der Waals surface area contributed by atoms with Crippen LogP contribution in [0.25, 0.3) is 0 Å². The Kier molecular flexibility index (Phi) is 4.94. The molecule has 17 heavy (non-hydrogen) atoms. The molecule has 1 aromatic rings. The van der Waals surface area contributed by atoms with E-state index < -0.39 is 0 Å². The molecule has 0 bridgehead atoms. The highest BCUT2D eigenvalue weighted by atomic mass is 79.9. The predicted octanol–water partition coefficient (Wildman–Crippen LogP) is 3.19. The standard InChI is InChI=1S/C12H14BrNOS2/c1-8-12(17-3-2-16-8)11(15)5-9-4-10(13)7-14-6-9/h4,6-8,12H,2-3,5H2,1H3. The summed E-state index contributed by atoms with van der Waals surface area (Å²) in [5.41, 5.74) is 0.993. The van der Waals surface area contributed by atoms with Gasteiger partial charge in [-0.15, -0.1) is 11.8 Å². The summed E-state index contributed by atoms with van der Waals surface area (Å²) < 4.78 is 0.932. The maximum absolute atomic E-state index is 12.2. The molecule has 0 saturated carbocycles. The molecule has 92 valence electrons. The van der Waals surface area contributed by atoms with Gasteiger partial charge in [0.25, 0.3) is 0 Å². The number of ketones is 1. The number of Topliss-reactive ketones (excluding diaryl/α,β-unsaturated/α-hetero) is 1. The van der Waals surface area contributed by atoms with Gasteiger partial charge in [-0.3, -0.25) is 9.78 Å². The third-order valence-electron chi connectivity index (χ3n) is 2.65. The molecule has 0 aliphatic carbocycles. The average molecular weight is 332 g/mol. The van der Waals surface area contributed by atoms with Crippen LogP contribution in [0, 0.1) is 0 Å². The fraction of sp³-hybridized carbons (Fsp3) is 0.500. The van der Waals surface area contributed by atoms with E-state index in [4.69, 9.17) is 0 Å². The molecule has 0 aromatic carbocycles. The Bertz CT molecular complexity index is 413. The maximum atomic E-state index is 12.2. The summed E-state index contributed by atoms with van der Waals surface area (Å²) in [5.74, 6) is 2.57. The lowest BCUT2D eigenvalue weighted by molar-refractivity contribution is -0.117. The molecule has 2 heterocycles. The van der Waals surface area contributed by atoms with Crippen LogP contribution in [-0.2, 0) is 11.2 Å². The predicted molar refractivity (Wildman–Crippen MR) is 78.8 cm³/mol. The normalized spacial score (nSPS) is 24.6. The number of hydrogen-bond donors (Lipinski definition) is 0. The number of hydrogen-bond acceptors (Lipinski definition) is 4. The minimum absolute atomic E-state index is 0.146. The zero-order valence-electron chi connectivity index (χ0n) is 9.56. The lowest BCUT2D eigenvalue weighted by Crippen LogP contribution is -2.32. The van der Waals surface area contributed by atoms with Crippen molar-refractivity contribution in [3.8, 4) is 0 Å². The molecular formula is C12H14BrNOS2. The molecule has 0 spiro atoms. The van der Waals surface area contributed by atoms with Crippen LogP contribution in [0.5, 0.6) is 0 Å². The Morgan fingerprint density at radius 2 is 2.24 bits per heavy atom. The average Bonchev–Trinajstić information content (AvgIpc) is 2.29. The number of nitrogens with zero attached hydrogens (tertiary/aromatic N) is 1. The van der Waals surface area contributed by atoms with Crippen LogP contribution < -0.4 is 0 Å². The van der Waals surface area contributed by atoms with E-state index in [2.05, 4.69) is 27.8 Å². The first kappa shape index (κ1) is 13.4. The molecule has 1 fully saturated rings. The van der Waals surface area contributed by atoms with Gasteiger partial charge in [-0.1, -0.05) is 6.92 Å². The second kappa shape index (κ2) is 6.25. The van der Waals surface area contributed by atoms with Gasteiger partial charge in [-0.05, 0) is 27.6 Å². The quantitative estimate of drug-likeness (QED) is 0.850. The van der Waals surface area contributed by atoms with Crippen molar-refractivity contribution in [2.75, 3.05) is 11.5 Å². The Morgan fingerprint density at radius 3 is 2.94 bits per heavy atom. The highest BCUT2D eigenvalue weighted by Crippen LogP contribution is 2.32. The summed E-state index contributed by atoms with van der Waals surface area (Å²) >= 11 is 7.08. The number of pyridine rings is 1. The fourth-order valence-corrected chi connectivity index (χ4v) is 4.99. The van der Waals surface area contributed by atoms with E-state index in [1.165, 1.54) is 0 Å². The zero-order valence-corrected chi connectivity index (χ0v) is 12.8. The van der Waals surface area contributed by atoms with Gasteiger partial charge >= 0.3 is 0 Å². The first-order chi connectivity index (χ1) is 8.16. The van der Waals surface area contributed by atoms with Crippen molar-refractivity contribution in [3.63, 3.8) is 0 Å². The number of carbonyl (C=O) groups is 1. The molecule has 1 aliphatic heterocycles. The summed E-state index contributed by atoms with van der Waals surface area (Å²) in [4.78, 5) is 16.3. The summed E-state index contributed by atoms with van der Waals surface area (Å²) in [5, 5.41) is 0.578. The Hall–Kier alpha value is -0.000000000000000111. The Morgan fingerprint density at radius 1 is 1.47 bits per heavy atom. The van der Waals surface area contributed by atoms with E-state index in [0.717, 1.165) is 21.5 Å². The number of thioether (sulfide) groups is 2. The lowest BCUT2D eigenvalue weighted by atomic mass is 10.1. The Balaban J connectivity index is 2.01. The summed E-state index contributed by atoms with van der Waals surface area (Å²) in [6.07, 6.45) is 4.00. The van der Waals surface area contributed by atoms with Crippen molar-refractivity contribution in [2.45, 2.75) is 23.8 Å². The molecule has 1 aliphatic rings. The largest absolute Gasteiger partial charge is 0.298 e. The first-order valence-corrected chi connectivity index (χ1v) is 8.41. The second-order valence-electron chi connectivity index (χ2n) is 4.02. The first-order valence-electron chi connectivity index (χ1n) is 5.52. The van der Waals surface area contributed by atoms with Crippen LogP contribution in [0.4, 0.5) is 0 Å². The van der Waals surface area contributed by atoms with Gasteiger partial charge < -0.3 is 0 Å². The molecule has 1 aromatic heterocycles. The van der Waals surface area contributed by atoms with E-state index in [-0.39, 0.29) is 5.25 Å². The monoisotopic (exact) mass is 331 g/mol. The van der Waals surface area contributed by atoms with Gasteiger partial charge in [-0.2, -0.15) is 11.8 Å². The topological polar surface area (TPSA) is 30.0 Å². The van der Waals surface area contributed by atoms with Gasteiger partial charge in [0.1, 0.15) is 0 Å².